The zero-order valence-corrected chi connectivity index (χ0v) is 9.50. The maximum absolute atomic E-state index is 9.90. The molecule has 0 bridgehead atoms. The lowest BCUT2D eigenvalue weighted by molar-refractivity contribution is -0.870. The Labute approximate surface area is 82.0 Å². The second-order valence-corrected chi connectivity index (χ2v) is 3.78. The fourth-order valence-electron chi connectivity index (χ4n) is 0.762. The zero-order valence-electron chi connectivity index (χ0n) is 9.50. The maximum Gasteiger partial charge on any atom is 0.0777 e. The van der Waals surface area contributed by atoms with Gasteiger partial charge in [0.15, 0.2) is 0 Å². The van der Waals surface area contributed by atoms with E-state index in [4.69, 9.17) is 0 Å². The Hall–Kier alpha value is -0.830. The van der Waals surface area contributed by atoms with Crippen LogP contribution < -0.4 is 5.11 Å². The molecule has 0 heterocycles. The quantitative estimate of drug-likeness (QED) is 0.362. The van der Waals surface area contributed by atoms with Gasteiger partial charge >= 0.3 is 0 Å². The highest BCUT2D eigenvalue weighted by Gasteiger charge is 2.01. The molecular formula is C10H22N2O. The molecule has 0 saturated heterocycles. The number of hydrogen-bond donors (Lipinski definition) is 0. The van der Waals surface area contributed by atoms with Crippen LogP contribution in [0.3, 0.4) is 0 Å². The van der Waals surface area contributed by atoms with Crippen molar-refractivity contribution >= 4 is 5.90 Å². The highest BCUT2D eigenvalue weighted by Crippen LogP contribution is 1.90. The largest absolute Gasteiger partial charge is 0.859 e. The summed E-state index contributed by atoms with van der Waals surface area (Å²) in [5, 5.41) is 9.90. The zero-order chi connectivity index (χ0) is 10.9. The molecule has 0 atom stereocenters. The van der Waals surface area contributed by atoms with E-state index in [0.29, 0.717) is 0 Å². The first-order valence-corrected chi connectivity index (χ1v) is 4.44. The van der Waals surface area contributed by atoms with E-state index in [9.17, 15) is 5.11 Å². The van der Waals surface area contributed by atoms with Crippen molar-refractivity contribution in [3.8, 4) is 0 Å². The van der Waals surface area contributed by atoms with Crippen molar-refractivity contribution in [2.45, 2.75) is 13.3 Å². The molecule has 0 aliphatic heterocycles. The Balaban J connectivity index is 0. The van der Waals surface area contributed by atoms with Crippen LogP contribution >= 0.6 is 0 Å². The molecule has 3 heteroatoms. The minimum absolute atomic E-state index is 0.269. The van der Waals surface area contributed by atoms with E-state index in [-0.39, 0.29) is 5.90 Å². The van der Waals surface area contributed by atoms with E-state index < -0.39 is 0 Å². The Kier molecular flexibility index (Phi) is 8.81. The predicted octanol–water partition coefficient (Wildman–Crippen LogP) is 0.664. The van der Waals surface area contributed by atoms with Crippen LogP contribution in [0.4, 0.5) is 0 Å². The van der Waals surface area contributed by atoms with Crippen LogP contribution in [-0.2, 0) is 0 Å². The molecule has 78 valence electrons. The molecule has 0 aliphatic carbocycles. The molecule has 0 aromatic heterocycles. The SMILES string of the molecule is C=CC([O-])=NC.CCC[N+](C)(C)C. The van der Waals surface area contributed by atoms with Gasteiger partial charge in [-0.1, -0.05) is 19.6 Å². The number of quaternary nitrogens is 1. The third-order valence-corrected chi connectivity index (χ3v) is 1.29. The summed E-state index contributed by atoms with van der Waals surface area (Å²) in [6.45, 7) is 6.68. The molecule has 0 aromatic carbocycles. The van der Waals surface area contributed by atoms with Crippen molar-refractivity contribution in [1.29, 1.82) is 0 Å². The van der Waals surface area contributed by atoms with E-state index in [1.54, 1.807) is 0 Å². The maximum atomic E-state index is 9.90. The molecular weight excluding hydrogens is 164 g/mol. The van der Waals surface area contributed by atoms with Gasteiger partial charge in [0, 0.05) is 7.05 Å². The van der Waals surface area contributed by atoms with Gasteiger partial charge in [0.25, 0.3) is 0 Å². The summed E-state index contributed by atoms with van der Waals surface area (Å²) < 4.78 is 1.09. The first-order valence-electron chi connectivity index (χ1n) is 4.44. The van der Waals surface area contributed by atoms with E-state index in [1.165, 1.54) is 26.1 Å². The van der Waals surface area contributed by atoms with Crippen molar-refractivity contribution in [1.82, 2.24) is 0 Å². The number of hydrogen-bond acceptors (Lipinski definition) is 2. The van der Waals surface area contributed by atoms with Gasteiger partial charge in [0.1, 0.15) is 0 Å². The first-order chi connectivity index (χ1) is 5.87. The summed E-state index contributed by atoms with van der Waals surface area (Å²) >= 11 is 0. The Morgan fingerprint density at radius 3 is 1.92 bits per heavy atom. The van der Waals surface area contributed by atoms with Gasteiger partial charge in [-0.3, -0.25) is 0 Å². The average Bonchev–Trinajstić information content (AvgIpc) is 2.02. The normalized spacial score (nSPS) is 11.6. The van der Waals surface area contributed by atoms with Crippen molar-refractivity contribution in [3.63, 3.8) is 0 Å². The molecule has 0 aliphatic rings. The number of rotatable bonds is 3. The molecule has 0 spiro atoms. The highest BCUT2D eigenvalue weighted by atomic mass is 16.3. The number of aliphatic imine (C=N–C) groups is 1. The van der Waals surface area contributed by atoms with Crippen molar-refractivity contribution in [2.24, 2.45) is 4.99 Å². The predicted molar refractivity (Wildman–Crippen MR) is 56.7 cm³/mol. The summed E-state index contributed by atoms with van der Waals surface area (Å²) in [5.41, 5.74) is 0. The summed E-state index contributed by atoms with van der Waals surface area (Å²) in [7, 11) is 8.07. The van der Waals surface area contributed by atoms with E-state index in [2.05, 4.69) is 39.6 Å². The highest BCUT2D eigenvalue weighted by molar-refractivity contribution is 5.82. The Morgan fingerprint density at radius 2 is 1.92 bits per heavy atom. The fourth-order valence-corrected chi connectivity index (χ4v) is 0.762. The summed E-state index contributed by atoms with van der Waals surface area (Å²) in [4.78, 5) is 3.25. The molecule has 0 amide bonds. The van der Waals surface area contributed by atoms with E-state index in [0.717, 1.165) is 4.48 Å². The van der Waals surface area contributed by atoms with Crippen molar-refractivity contribution in [2.75, 3.05) is 34.7 Å². The second kappa shape index (κ2) is 7.80. The van der Waals surface area contributed by atoms with Crippen LogP contribution in [0.1, 0.15) is 13.3 Å². The smallest absolute Gasteiger partial charge is 0.0777 e. The van der Waals surface area contributed by atoms with Crippen LogP contribution in [0.15, 0.2) is 17.6 Å². The van der Waals surface area contributed by atoms with E-state index >= 15 is 0 Å². The molecule has 0 fully saturated rings. The third-order valence-electron chi connectivity index (χ3n) is 1.29. The Morgan fingerprint density at radius 1 is 1.46 bits per heavy atom. The third kappa shape index (κ3) is 18.3. The van der Waals surface area contributed by atoms with Crippen LogP contribution in [-0.4, -0.2) is 45.1 Å². The van der Waals surface area contributed by atoms with Crippen LogP contribution in [0.25, 0.3) is 0 Å². The molecule has 0 radical (unpaired) electrons. The standard InChI is InChI=1S/C6H16N.C4H7NO/c1-5-6-7(2,3)4;1-3-4(6)5-2/h5-6H2,1-4H3;3H,1H2,2H3,(H,5,6)/q+1;/p-1. The van der Waals surface area contributed by atoms with Gasteiger partial charge in [0.2, 0.25) is 0 Å². The van der Waals surface area contributed by atoms with Crippen molar-refractivity contribution in [3.05, 3.63) is 12.7 Å². The lowest BCUT2D eigenvalue weighted by Gasteiger charge is -2.22. The fraction of sp³-hybridized carbons (Fsp3) is 0.700. The topological polar surface area (TPSA) is 35.4 Å². The molecule has 0 unspecified atom stereocenters. The summed E-state index contributed by atoms with van der Waals surface area (Å²) in [6.07, 6.45) is 2.45. The number of nitrogens with zero attached hydrogens (tertiary/aromatic N) is 2. The minimum Gasteiger partial charge on any atom is -0.859 e. The summed E-state index contributed by atoms with van der Waals surface area (Å²) in [5.74, 6) is -0.269. The lowest BCUT2D eigenvalue weighted by atomic mass is 10.4. The van der Waals surface area contributed by atoms with Gasteiger partial charge < -0.3 is 14.6 Å². The molecule has 0 rings (SSSR count). The van der Waals surface area contributed by atoms with Gasteiger partial charge in [0.05, 0.1) is 27.7 Å². The first kappa shape index (κ1) is 14.7. The van der Waals surface area contributed by atoms with Gasteiger partial charge in [-0.15, -0.1) is 0 Å². The molecule has 0 N–H and O–H groups in total. The molecule has 0 saturated carbocycles. The van der Waals surface area contributed by atoms with Gasteiger partial charge in [-0.25, -0.2) is 0 Å². The monoisotopic (exact) mass is 186 g/mol. The Bertz CT molecular complexity index is 157. The molecule has 3 nitrogen and oxygen atoms in total. The molecule has 0 aromatic rings. The van der Waals surface area contributed by atoms with E-state index in [1.807, 2.05) is 0 Å². The van der Waals surface area contributed by atoms with Crippen LogP contribution in [0, 0.1) is 0 Å². The van der Waals surface area contributed by atoms with Gasteiger partial charge in [-0.2, -0.15) is 0 Å². The second-order valence-electron chi connectivity index (χ2n) is 3.78. The van der Waals surface area contributed by atoms with Gasteiger partial charge in [-0.05, 0) is 12.3 Å². The minimum atomic E-state index is -0.269. The summed E-state index contributed by atoms with van der Waals surface area (Å²) in [6, 6.07) is 0. The lowest BCUT2D eigenvalue weighted by Crippen LogP contribution is -2.34. The van der Waals surface area contributed by atoms with Crippen LogP contribution in [0.2, 0.25) is 0 Å². The molecule has 13 heavy (non-hydrogen) atoms. The average molecular weight is 186 g/mol. The van der Waals surface area contributed by atoms with Crippen molar-refractivity contribution < 1.29 is 9.59 Å². The van der Waals surface area contributed by atoms with Crippen LogP contribution in [0.5, 0.6) is 0 Å².